The lowest BCUT2D eigenvalue weighted by Crippen LogP contribution is -2.49. The molecule has 2 amide bonds. The van der Waals surface area contributed by atoms with Crippen molar-refractivity contribution in [3.63, 3.8) is 0 Å². The topological polar surface area (TPSA) is 78.4 Å². The van der Waals surface area contributed by atoms with Gasteiger partial charge in [-0.15, -0.1) is 0 Å². The van der Waals surface area contributed by atoms with Crippen molar-refractivity contribution in [3.05, 3.63) is 35.9 Å². The van der Waals surface area contributed by atoms with Crippen LogP contribution in [0.3, 0.4) is 0 Å². The average Bonchev–Trinajstić information content (AvgIpc) is 2.35. The van der Waals surface area contributed by atoms with Gasteiger partial charge in [-0.3, -0.25) is 9.59 Å². The summed E-state index contributed by atoms with van der Waals surface area (Å²) in [6.07, 6.45) is 0.894. The summed E-state index contributed by atoms with van der Waals surface area (Å²) in [7, 11) is 0. The summed E-state index contributed by atoms with van der Waals surface area (Å²) in [5.41, 5.74) is 0.532. The van der Waals surface area contributed by atoms with E-state index in [2.05, 4.69) is 10.6 Å². The second kappa shape index (κ2) is 5.64. The maximum absolute atomic E-state index is 11.6. The number of amides is 2. The molecule has 1 aliphatic rings. The van der Waals surface area contributed by atoms with E-state index in [0.29, 0.717) is 18.4 Å². The zero-order valence-electron chi connectivity index (χ0n) is 9.93. The summed E-state index contributed by atoms with van der Waals surface area (Å²) in [5.74, 6) is -0.490. The minimum absolute atomic E-state index is 0.0413. The predicted octanol–water partition coefficient (Wildman–Crippen LogP) is 0.0559. The number of aliphatic hydroxyl groups excluding tert-OH is 1. The van der Waals surface area contributed by atoms with Crippen LogP contribution in [0.4, 0.5) is 0 Å². The van der Waals surface area contributed by atoms with E-state index in [1.54, 1.807) is 24.3 Å². The van der Waals surface area contributed by atoms with E-state index >= 15 is 0 Å². The molecule has 0 bridgehead atoms. The molecular formula is C13H16N2O3. The molecule has 2 rings (SSSR count). The highest BCUT2D eigenvalue weighted by atomic mass is 16.3. The van der Waals surface area contributed by atoms with E-state index in [4.69, 9.17) is 5.11 Å². The van der Waals surface area contributed by atoms with Crippen molar-refractivity contribution in [3.8, 4) is 0 Å². The molecule has 1 aromatic carbocycles. The summed E-state index contributed by atoms with van der Waals surface area (Å²) in [5, 5.41) is 14.4. The van der Waals surface area contributed by atoms with E-state index < -0.39 is 0 Å². The predicted molar refractivity (Wildman–Crippen MR) is 65.9 cm³/mol. The Kier molecular flexibility index (Phi) is 3.94. The van der Waals surface area contributed by atoms with Gasteiger partial charge >= 0.3 is 0 Å². The second-order valence-corrected chi connectivity index (χ2v) is 4.44. The third kappa shape index (κ3) is 3.30. The molecule has 5 heteroatoms. The molecule has 3 N–H and O–H groups in total. The Morgan fingerprint density at radius 1 is 1.22 bits per heavy atom. The van der Waals surface area contributed by atoms with Gasteiger partial charge in [-0.2, -0.15) is 0 Å². The van der Waals surface area contributed by atoms with Crippen molar-refractivity contribution in [2.24, 2.45) is 0 Å². The molecule has 1 fully saturated rings. The van der Waals surface area contributed by atoms with Gasteiger partial charge in [-0.25, -0.2) is 0 Å². The lowest BCUT2D eigenvalue weighted by atomic mass is 9.89. The first-order valence-electron chi connectivity index (χ1n) is 5.96. The van der Waals surface area contributed by atoms with Gasteiger partial charge < -0.3 is 15.7 Å². The Balaban J connectivity index is 1.71. The van der Waals surface area contributed by atoms with Gasteiger partial charge in [0.2, 0.25) is 5.91 Å². The molecule has 0 aromatic heterocycles. The van der Waals surface area contributed by atoms with E-state index in [1.807, 2.05) is 6.07 Å². The van der Waals surface area contributed by atoms with Gasteiger partial charge in [0.15, 0.2) is 0 Å². The number of aliphatic hydroxyl groups is 1. The Labute approximate surface area is 105 Å². The molecule has 0 aliphatic heterocycles. The quantitative estimate of drug-likeness (QED) is 0.705. The fourth-order valence-corrected chi connectivity index (χ4v) is 1.84. The van der Waals surface area contributed by atoms with E-state index in [-0.39, 0.29) is 30.5 Å². The largest absolute Gasteiger partial charge is 0.393 e. The van der Waals surface area contributed by atoms with Crippen LogP contribution in [-0.2, 0) is 4.79 Å². The molecule has 5 nitrogen and oxygen atoms in total. The number of hydrogen-bond donors (Lipinski definition) is 3. The third-order valence-electron chi connectivity index (χ3n) is 2.92. The summed E-state index contributed by atoms with van der Waals surface area (Å²) >= 11 is 0. The van der Waals surface area contributed by atoms with Crippen molar-refractivity contribution in [1.29, 1.82) is 0 Å². The molecule has 1 aromatic rings. The first-order chi connectivity index (χ1) is 8.65. The van der Waals surface area contributed by atoms with Crippen LogP contribution >= 0.6 is 0 Å². The van der Waals surface area contributed by atoms with Gasteiger partial charge in [-0.05, 0) is 25.0 Å². The van der Waals surface area contributed by atoms with Crippen molar-refractivity contribution >= 4 is 11.8 Å². The van der Waals surface area contributed by atoms with Gasteiger partial charge in [0.1, 0.15) is 0 Å². The SMILES string of the molecule is O=C(CNC(=O)c1ccccc1)NC1CC(O)C1. The second-order valence-electron chi connectivity index (χ2n) is 4.44. The normalized spacial score (nSPS) is 21.8. The molecule has 18 heavy (non-hydrogen) atoms. The molecular weight excluding hydrogens is 232 g/mol. The van der Waals surface area contributed by atoms with Crippen molar-refractivity contribution < 1.29 is 14.7 Å². The van der Waals surface area contributed by atoms with Crippen LogP contribution < -0.4 is 10.6 Å². The fraction of sp³-hybridized carbons (Fsp3) is 0.385. The number of nitrogens with one attached hydrogen (secondary N) is 2. The fourth-order valence-electron chi connectivity index (χ4n) is 1.84. The smallest absolute Gasteiger partial charge is 0.251 e. The van der Waals surface area contributed by atoms with Gasteiger partial charge in [0.05, 0.1) is 12.6 Å². The van der Waals surface area contributed by atoms with Crippen LogP contribution in [0, 0.1) is 0 Å². The first-order valence-corrected chi connectivity index (χ1v) is 5.96. The first kappa shape index (κ1) is 12.6. The molecule has 1 aliphatic carbocycles. The summed E-state index contributed by atoms with van der Waals surface area (Å²) in [6.45, 7) is -0.0413. The Morgan fingerprint density at radius 2 is 1.89 bits per heavy atom. The number of hydrogen-bond acceptors (Lipinski definition) is 3. The van der Waals surface area contributed by atoms with Crippen LogP contribution in [0.5, 0.6) is 0 Å². The summed E-state index contributed by atoms with van der Waals surface area (Å²) < 4.78 is 0. The lowest BCUT2D eigenvalue weighted by Gasteiger charge is -2.31. The van der Waals surface area contributed by atoms with Crippen molar-refractivity contribution in [2.45, 2.75) is 25.0 Å². The molecule has 96 valence electrons. The lowest BCUT2D eigenvalue weighted by molar-refractivity contribution is -0.122. The zero-order chi connectivity index (χ0) is 13.0. The Hall–Kier alpha value is -1.88. The average molecular weight is 248 g/mol. The Bertz CT molecular complexity index is 427. The zero-order valence-corrected chi connectivity index (χ0v) is 9.93. The minimum Gasteiger partial charge on any atom is -0.393 e. The maximum Gasteiger partial charge on any atom is 0.251 e. The molecule has 0 radical (unpaired) electrons. The van der Waals surface area contributed by atoms with Crippen molar-refractivity contribution in [1.82, 2.24) is 10.6 Å². The van der Waals surface area contributed by atoms with Gasteiger partial charge in [0.25, 0.3) is 5.91 Å². The highest BCUT2D eigenvalue weighted by Crippen LogP contribution is 2.18. The minimum atomic E-state index is -0.297. The standard InChI is InChI=1S/C13H16N2O3/c16-11-6-10(7-11)15-12(17)8-14-13(18)9-4-2-1-3-5-9/h1-5,10-11,16H,6-8H2,(H,14,18)(H,15,17). The summed E-state index contributed by atoms with van der Waals surface area (Å²) in [6, 6.07) is 8.78. The Morgan fingerprint density at radius 3 is 2.50 bits per heavy atom. The molecule has 1 saturated carbocycles. The van der Waals surface area contributed by atoms with Crippen LogP contribution in [0.15, 0.2) is 30.3 Å². The monoisotopic (exact) mass is 248 g/mol. The molecule has 0 unspecified atom stereocenters. The third-order valence-corrected chi connectivity index (χ3v) is 2.92. The van der Waals surface area contributed by atoms with Crippen LogP contribution in [0.1, 0.15) is 23.2 Å². The van der Waals surface area contributed by atoms with Crippen LogP contribution in [0.25, 0.3) is 0 Å². The highest BCUT2D eigenvalue weighted by molar-refractivity contribution is 5.96. The van der Waals surface area contributed by atoms with Gasteiger partial charge in [0, 0.05) is 11.6 Å². The number of carbonyl (C=O) groups is 2. The number of carbonyl (C=O) groups excluding carboxylic acids is 2. The highest BCUT2D eigenvalue weighted by Gasteiger charge is 2.28. The van der Waals surface area contributed by atoms with Gasteiger partial charge in [-0.1, -0.05) is 18.2 Å². The van der Waals surface area contributed by atoms with Crippen LogP contribution in [0.2, 0.25) is 0 Å². The van der Waals surface area contributed by atoms with E-state index in [0.717, 1.165) is 0 Å². The maximum atomic E-state index is 11.6. The molecule has 0 atom stereocenters. The van der Waals surface area contributed by atoms with Crippen LogP contribution in [-0.4, -0.2) is 35.6 Å². The molecule has 0 heterocycles. The summed E-state index contributed by atoms with van der Waals surface area (Å²) in [4.78, 5) is 23.1. The van der Waals surface area contributed by atoms with E-state index in [9.17, 15) is 9.59 Å². The van der Waals surface area contributed by atoms with E-state index in [1.165, 1.54) is 0 Å². The molecule has 0 saturated heterocycles. The molecule has 0 spiro atoms. The van der Waals surface area contributed by atoms with Crippen molar-refractivity contribution in [2.75, 3.05) is 6.54 Å². The number of rotatable bonds is 4. The number of benzene rings is 1.